The molecule has 10 heteroatoms. The minimum atomic E-state index is -3.17. The zero-order chi connectivity index (χ0) is 30.9. The van der Waals surface area contributed by atoms with Gasteiger partial charge in [0.05, 0.1) is 10.6 Å². The summed E-state index contributed by atoms with van der Waals surface area (Å²) in [4.78, 5) is 31.3. The Kier molecular flexibility index (Phi) is 12.2. The third-order valence-corrected chi connectivity index (χ3v) is 6.56. The standard InChI is InChI=1S/C29H31ClF3N3O3.C2H6/c1-6-20(7-2)35-27(37)18-12-11-17(3)21(13-18)19-14-24(39-16-29(4,32)33)26(34-15-19)36(5)28(38)25-22(30)9-8-10-23(25)31;1-2/h8-15,20H,6-7,16H2,1-5H3,(H,35,37);1-2H3. The summed E-state index contributed by atoms with van der Waals surface area (Å²) >= 11 is 6.06. The molecule has 2 aromatic carbocycles. The molecule has 0 saturated heterocycles. The third kappa shape index (κ3) is 8.70. The molecule has 0 aliphatic heterocycles. The Balaban J connectivity index is 0.00000287. The van der Waals surface area contributed by atoms with Crippen molar-refractivity contribution in [3.8, 4) is 16.9 Å². The molecule has 0 aliphatic rings. The Hall–Kier alpha value is -3.59. The number of aryl methyl sites for hydroxylation is 1. The molecule has 41 heavy (non-hydrogen) atoms. The van der Waals surface area contributed by atoms with Crippen LogP contribution in [0.3, 0.4) is 0 Å². The van der Waals surface area contributed by atoms with E-state index in [0.29, 0.717) is 23.6 Å². The van der Waals surface area contributed by atoms with Gasteiger partial charge in [0.1, 0.15) is 5.82 Å². The fraction of sp³-hybridized carbons (Fsp3) is 0.387. The lowest BCUT2D eigenvalue weighted by atomic mass is 9.98. The van der Waals surface area contributed by atoms with Gasteiger partial charge in [0.2, 0.25) is 0 Å². The average molecular weight is 592 g/mol. The van der Waals surface area contributed by atoms with Gasteiger partial charge in [0, 0.05) is 37.3 Å². The average Bonchev–Trinajstić information content (AvgIpc) is 2.95. The second kappa shape index (κ2) is 14.9. The van der Waals surface area contributed by atoms with Gasteiger partial charge in [-0.3, -0.25) is 14.5 Å². The topological polar surface area (TPSA) is 71.5 Å². The highest BCUT2D eigenvalue weighted by atomic mass is 35.5. The van der Waals surface area contributed by atoms with Crippen molar-refractivity contribution in [2.45, 2.75) is 66.3 Å². The maximum atomic E-state index is 14.4. The Morgan fingerprint density at radius 1 is 1.12 bits per heavy atom. The number of benzene rings is 2. The van der Waals surface area contributed by atoms with Crippen molar-refractivity contribution in [1.29, 1.82) is 0 Å². The molecular formula is C31H37ClF3N3O3. The number of hydrogen-bond donors (Lipinski definition) is 1. The second-order valence-electron chi connectivity index (χ2n) is 9.38. The van der Waals surface area contributed by atoms with E-state index in [4.69, 9.17) is 16.3 Å². The van der Waals surface area contributed by atoms with E-state index in [1.807, 2.05) is 34.6 Å². The molecule has 0 bridgehead atoms. The van der Waals surface area contributed by atoms with Gasteiger partial charge >= 0.3 is 0 Å². The van der Waals surface area contributed by atoms with Gasteiger partial charge in [0.15, 0.2) is 18.2 Å². The number of ether oxygens (including phenoxy) is 1. The molecule has 0 spiro atoms. The normalized spacial score (nSPS) is 11.0. The molecule has 1 aromatic heterocycles. The SMILES string of the molecule is CC.CCC(CC)NC(=O)c1ccc(C)c(-c2cnc(N(C)C(=O)c3c(F)cccc3Cl)c(OCC(C)(F)F)c2)c1. The van der Waals surface area contributed by atoms with E-state index in [1.54, 1.807) is 18.2 Å². The molecule has 3 rings (SSSR count). The maximum Gasteiger partial charge on any atom is 0.278 e. The molecule has 0 unspecified atom stereocenters. The highest BCUT2D eigenvalue weighted by Gasteiger charge is 2.27. The number of aromatic nitrogens is 1. The molecule has 1 heterocycles. The Bertz CT molecular complexity index is 1340. The van der Waals surface area contributed by atoms with Gasteiger partial charge < -0.3 is 10.1 Å². The molecule has 6 nitrogen and oxygen atoms in total. The van der Waals surface area contributed by atoms with Crippen LogP contribution in [0.4, 0.5) is 19.0 Å². The Morgan fingerprint density at radius 3 is 2.37 bits per heavy atom. The molecule has 222 valence electrons. The van der Waals surface area contributed by atoms with Gasteiger partial charge in [0.25, 0.3) is 17.7 Å². The van der Waals surface area contributed by atoms with Crippen LogP contribution in [0, 0.1) is 12.7 Å². The van der Waals surface area contributed by atoms with E-state index in [9.17, 15) is 22.8 Å². The summed E-state index contributed by atoms with van der Waals surface area (Å²) in [5, 5.41) is 2.89. The molecule has 2 amide bonds. The number of nitrogens with one attached hydrogen (secondary N) is 1. The van der Waals surface area contributed by atoms with Gasteiger partial charge in [-0.1, -0.05) is 51.4 Å². The lowest BCUT2D eigenvalue weighted by Crippen LogP contribution is -2.33. The molecule has 0 fully saturated rings. The summed E-state index contributed by atoms with van der Waals surface area (Å²) in [6.45, 7) is 9.54. The van der Waals surface area contributed by atoms with Crippen LogP contribution in [-0.4, -0.2) is 42.4 Å². The minimum Gasteiger partial charge on any atom is -0.483 e. The molecule has 0 atom stereocenters. The zero-order valence-electron chi connectivity index (χ0n) is 24.4. The Labute approximate surface area is 244 Å². The van der Waals surface area contributed by atoms with Crippen LogP contribution < -0.4 is 15.0 Å². The second-order valence-corrected chi connectivity index (χ2v) is 9.79. The van der Waals surface area contributed by atoms with Crippen molar-refractivity contribution in [3.63, 3.8) is 0 Å². The van der Waals surface area contributed by atoms with Crippen molar-refractivity contribution in [2.75, 3.05) is 18.6 Å². The van der Waals surface area contributed by atoms with E-state index >= 15 is 0 Å². The number of hydrogen-bond acceptors (Lipinski definition) is 4. The number of pyridine rings is 1. The van der Waals surface area contributed by atoms with Crippen LogP contribution in [0.5, 0.6) is 5.75 Å². The van der Waals surface area contributed by atoms with Crippen molar-refractivity contribution >= 4 is 29.2 Å². The van der Waals surface area contributed by atoms with Gasteiger partial charge in [-0.05, 0) is 61.2 Å². The van der Waals surface area contributed by atoms with E-state index < -0.39 is 24.3 Å². The van der Waals surface area contributed by atoms with Crippen LogP contribution in [0.1, 0.15) is 73.7 Å². The van der Waals surface area contributed by atoms with Gasteiger partial charge in [-0.15, -0.1) is 0 Å². The van der Waals surface area contributed by atoms with Crippen molar-refractivity contribution in [1.82, 2.24) is 10.3 Å². The molecule has 0 saturated carbocycles. The molecular weight excluding hydrogens is 555 g/mol. The first-order valence-corrected chi connectivity index (χ1v) is 13.9. The number of alkyl halides is 2. The largest absolute Gasteiger partial charge is 0.483 e. The van der Waals surface area contributed by atoms with E-state index in [2.05, 4.69) is 10.3 Å². The molecule has 1 N–H and O–H groups in total. The lowest BCUT2D eigenvalue weighted by molar-refractivity contribution is -0.0228. The van der Waals surface area contributed by atoms with Gasteiger partial charge in [-0.2, -0.15) is 0 Å². The Morgan fingerprint density at radius 2 is 1.78 bits per heavy atom. The number of anilines is 1. The summed E-state index contributed by atoms with van der Waals surface area (Å²) in [6.07, 6.45) is 3.02. The van der Waals surface area contributed by atoms with E-state index in [-0.39, 0.29) is 34.1 Å². The summed E-state index contributed by atoms with van der Waals surface area (Å²) in [5.41, 5.74) is 1.96. The minimum absolute atomic E-state index is 0.0370. The predicted octanol–water partition coefficient (Wildman–Crippen LogP) is 8.10. The summed E-state index contributed by atoms with van der Waals surface area (Å²) < 4.78 is 47.3. The number of amides is 2. The van der Waals surface area contributed by atoms with Crippen molar-refractivity contribution in [3.05, 3.63) is 76.2 Å². The van der Waals surface area contributed by atoms with Gasteiger partial charge in [-0.25, -0.2) is 18.2 Å². The highest BCUT2D eigenvalue weighted by Crippen LogP contribution is 2.35. The zero-order valence-corrected chi connectivity index (χ0v) is 25.2. The van der Waals surface area contributed by atoms with Crippen LogP contribution in [0.15, 0.2) is 48.7 Å². The monoisotopic (exact) mass is 591 g/mol. The number of carbonyl (C=O) groups is 2. The third-order valence-electron chi connectivity index (χ3n) is 6.24. The summed E-state index contributed by atoms with van der Waals surface area (Å²) in [7, 11) is 1.32. The maximum absolute atomic E-state index is 14.4. The van der Waals surface area contributed by atoms with Crippen LogP contribution >= 0.6 is 11.6 Å². The highest BCUT2D eigenvalue weighted by molar-refractivity contribution is 6.34. The lowest BCUT2D eigenvalue weighted by Gasteiger charge is -2.22. The molecule has 0 radical (unpaired) electrons. The first kappa shape index (κ1) is 33.6. The van der Waals surface area contributed by atoms with Crippen molar-refractivity contribution < 1.29 is 27.5 Å². The first-order chi connectivity index (χ1) is 19.4. The van der Waals surface area contributed by atoms with Crippen molar-refractivity contribution in [2.24, 2.45) is 0 Å². The number of carbonyl (C=O) groups excluding carboxylic acids is 2. The van der Waals surface area contributed by atoms with E-state index in [1.165, 1.54) is 31.4 Å². The van der Waals surface area contributed by atoms with Crippen LogP contribution in [0.25, 0.3) is 11.1 Å². The number of rotatable bonds is 10. The quantitative estimate of drug-likeness (QED) is 0.258. The molecule has 0 aliphatic carbocycles. The molecule has 3 aromatic rings. The number of nitrogens with zero attached hydrogens (tertiary/aromatic N) is 2. The predicted molar refractivity (Wildman–Crippen MR) is 158 cm³/mol. The first-order valence-electron chi connectivity index (χ1n) is 13.5. The summed E-state index contributed by atoms with van der Waals surface area (Å²) in [5.74, 6) is -5.30. The van der Waals surface area contributed by atoms with E-state index in [0.717, 1.165) is 29.4 Å². The number of halogens is 4. The van der Waals surface area contributed by atoms with Crippen LogP contribution in [0.2, 0.25) is 5.02 Å². The fourth-order valence-electron chi connectivity index (χ4n) is 3.95. The van der Waals surface area contributed by atoms with Crippen LogP contribution in [-0.2, 0) is 0 Å². The summed E-state index contributed by atoms with van der Waals surface area (Å²) in [6, 6.07) is 10.5. The fourth-order valence-corrected chi connectivity index (χ4v) is 4.19. The smallest absolute Gasteiger partial charge is 0.278 e.